The third kappa shape index (κ3) is 4.79. The number of carboxylic acids is 1. The standard InChI is InChI=1S/C15H17ClN2O3/c16-12-6-11(14(19)20)7-13(8-12)18-15(21)17-9-10-4-2-1-3-5-10/h1-2,6-8,10H,3-5,9H2,(H,19,20)(H2,17,18,21). The lowest BCUT2D eigenvalue weighted by Gasteiger charge is -2.18. The summed E-state index contributed by atoms with van der Waals surface area (Å²) in [5, 5.41) is 14.6. The highest BCUT2D eigenvalue weighted by atomic mass is 35.5. The van der Waals surface area contributed by atoms with Gasteiger partial charge in [0, 0.05) is 17.3 Å². The van der Waals surface area contributed by atoms with Crippen molar-refractivity contribution < 1.29 is 14.7 Å². The van der Waals surface area contributed by atoms with Crippen LogP contribution in [-0.4, -0.2) is 23.7 Å². The molecule has 1 aromatic carbocycles. The minimum Gasteiger partial charge on any atom is -0.478 e. The molecule has 0 spiro atoms. The second-order valence-corrected chi connectivity index (χ2v) is 5.46. The first-order valence-corrected chi connectivity index (χ1v) is 7.16. The zero-order chi connectivity index (χ0) is 15.2. The summed E-state index contributed by atoms with van der Waals surface area (Å²) >= 11 is 5.83. The van der Waals surface area contributed by atoms with Gasteiger partial charge >= 0.3 is 12.0 Å². The normalized spacial score (nSPS) is 17.3. The number of urea groups is 1. The van der Waals surface area contributed by atoms with Gasteiger partial charge in [-0.1, -0.05) is 23.8 Å². The summed E-state index contributed by atoms with van der Waals surface area (Å²) in [6, 6.07) is 3.86. The Kier molecular flexibility index (Phi) is 5.22. The van der Waals surface area contributed by atoms with E-state index in [4.69, 9.17) is 16.7 Å². The highest BCUT2D eigenvalue weighted by molar-refractivity contribution is 6.31. The van der Waals surface area contributed by atoms with Gasteiger partial charge in [-0.3, -0.25) is 0 Å². The Labute approximate surface area is 128 Å². The molecule has 0 radical (unpaired) electrons. The van der Waals surface area contributed by atoms with Crippen molar-refractivity contribution >= 4 is 29.3 Å². The Morgan fingerprint density at radius 1 is 1.29 bits per heavy atom. The van der Waals surface area contributed by atoms with Crippen molar-refractivity contribution in [2.75, 3.05) is 11.9 Å². The van der Waals surface area contributed by atoms with Crippen LogP contribution in [0.3, 0.4) is 0 Å². The minimum atomic E-state index is -1.09. The number of hydrogen-bond donors (Lipinski definition) is 3. The molecule has 0 aliphatic heterocycles. The van der Waals surface area contributed by atoms with E-state index < -0.39 is 5.97 Å². The van der Waals surface area contributed by atoms with Crippen LogP contribution in [-0.2, 0) is 0 Å². The van der Waals surface area contributed by atoms with E-state index in [9.17, 15) is 9.59 Å². The average molecular weight is 309 g/mol. The minimum absolute atomic E-state index is 0.0372. The molecular weight excluding hydrogens is 292 g/mol. The molecule has 1 atom stereocenters. The van der Waals surface area contributed by atoms with Crippen molar-refractivity contribution in [2.45, 2.75) is 19.3 Å². The molecule has 6 heteroatoms. The van der Waals surface area contributed by atoms with Crippen molar-refractivity contribution in [3.05, 3.63) is 40.9 Å². The van der Waals surface area contributed by atoms with Crippen LogP contribution < -0.4 is 10.6 Å². The van der Waals surface area contributed by atoms with Crippen LogP contribution in [0.15, 0.2) is 30.4 Å². The van der Waals surface area contributed by atoms with E-state index >= 15 is 0 Å². The van der Waals surface area contributed by atoms with Gasteiger partial charge in [0.15, 0.2) is 0 Å². The van der Waals surface area contributed by atoms with Crippen molar-refractivity contribution in [1.82, 2.24) is 5.32 Å². The van der Waals surface area contributed by atoms with E-state index in [-0.39, 0.29) is 16.6 Å². The monoisotopic (exact) mass is 308 g/mol. The third-order valence-corrected chi connectivity index (χ3v) is 3.55. The van der Waals surface area contributed by atoms with E-state index in [0.717, 1.165) is 19.3 Å². The summed E-state index contributed by atoms with van der Waals surface area (Å²) in [6.07, 6.45) is 7.36. The number of aromatic carboxylic acids is 1. The van der Waals surface area contributed by atoms with E-state index in [1.807, 2.05) is 0 Å². The Balaban J connectivity index is 1.90. The summed E-state index contributed by atoms with van der Waals surface area (Å²) < 4.78 is 0. The fourth-order valence-electron chi connectivity index (χ4n) is 2.24. The first-order valence-electron chi connectivity index (χ1n) is 6.78. The van der Waals surface area contributed by atoms with Gasteiger partial charge in [-0.2, -0.15) is 0 Å². The Bertz CT molecular complexity index is 572. The van der Waals surface area contributed by atoms with Gasteiger partial charge in [0.25, 0.3) is 0 Å². The van der Waals surface area contributed by atoms with Gasteiger partial charge in [-0.15, -0.1) is 0 Å². The van der Waals surface area contributed by atoms with Gasteiger partial charge in [-0.25, -0.2) is 9.59 Å². The van der Waals surface area contributed by atoms with Crippen LogP contribution in [0, 0.1) is 5.92 Å². The molecule has 0 heterocycles. The summed E-state index contributed by atoms with van der Waals surface area (Å²) in [5.41, 5.74) is 0.399. The smallest absolute Gasteiger partial charge is 0.335 e. The topological polar surface area (TPSA) is 78.4 Å². The fourth-order valence-corrected chi connectivity index (χ4v) is 2.47. The number of carbonyl (C=O) groups is 2. The van der Waals surface area contributed by atoms with Gasteiger partial charge in [0.05, 0.1) is 5.56 Å². The Hall–Kier alpha value is -2.01. The zero-order valence-corrected chi connectivity index (χ0v) is 12.2. The third-order valence-electron chi connectivity index (χ3n) is 3.33. The quantitative estimate of drug-likeness (QED) is 0.745. The molecule has 1 aromatic rings. The highest BCUT2D eigenvalue weighted by Gasteiger charge is 2.12. The lowest BCUT2D eigenvalue weighted by atomic mass is 9.94. The largest absolute Gasteiger partial charge is 0.478 e. The predicted octanol–water partition coefficient (Wildman–Crippen LogP) is 3.52. The molecule has 2 amide bonds. The number of amides is 2. The second-order valence-electron chi connectivity index (χ2n) is 5.02. The Morgan fingerprint density at radius 3 is 2.76 bits per heavy atom. The van der Waals surface area contributed by atoms with Crippen molar-refractivity contribution in [3.63, 3.8) is 0 Å². The molecule has 1 aliphatic rings. The van der Waals surface area contributed by atoms with Crippen LogP contribution in [0.1, 0.15) is 29.6 Å². The molecule has 3 N–H and O–H groups in total. The predicted molar refractivity (Wildman–Crippen MR) is 81.9 cm³/mol. The SMILES string of the molecule is O=C(NCC1CC=CCC1)Nc1cc(Cl)cc(C(=O)O)c1. The lowest BCUT2D eigenvalue weighted by Crippen LogP contribution is -2.33. The molecule has 5 nitrogen and oxygen atoms in total. The van der Waals surface area contributed by atoms with E-state index in [0.29, 0.717) is 18.2 Å². The van der Waals surface area contributed by atoms with Crippen LogP contribution in [0.5, 0.6) is 0 Å². The number of nitrogens with one attached hydrogen (secondary N) is 2. The summed E-state index contributed by atoms with van der Waals surface area (Å²) in [6.45, 7) is 0.600. The number of carbonyl (C=O) groups excluding carboxylic acids is 1. The number of anilines is 1. The van der Waals surface area contributed by atoms with Crippen LogP contribution >= 0.6 is 11.6 Å². The van der Waals surface area contributed by atoms with E-state index in [1.165, 1.54) is 18.2 Å². The molecule has 2 rings (SSSR count). The number of benzene rings is 1. The summed E-state index contributed by atoms with van der Waals surface area (Å²) in [7, 11) is 0. The lowest BCUT2D eigenvalue weighted by molar-refractivity contribution is 0.0697. The molecule has 1 aliphatic carbocycles. The molecular formula is C15H17ClN2O3. The van der Waals surface area contributed by atoms with Gasteiger partial charge < -0.3 is 15.7 Å². The summed E-state index contributed by atoms with van der Waals surface area (Å²) in [4.78, 5) is 22.7. The van der Waals surface area contributed by atoms with E-state index in [1.54, 1.807) is 0 Å². The maximum atomic E-state index is 11.8. The number of allylic oxidation sites excluding steroid dienone is 2. The number of hydrogen-bond acceptors (Lipinski definition) is 2. The van der Waals surface area contributed by atoms with Gasteiger partial charge in [0.2, 0.25) is 0 Å². The molecule has 0 bridgehead atoms. The van der Waals surface area contributed by atoms with Crippen molar-refractivity contribution in [2.24, 2.45) is 5.92 Å². The number of rotatable bonds is 4. The molecule has 0 aromatic heterocycles. The molecule has 1 unspecified atom stereocenters. The molecule has 0 fully saturated rings. The maximum Gasteiger partial charge on any atom is 0.335 e. The summed E-state index contributed by atoms with van der Waals surface area (Å²) in [5.74, 6) is -0.635. The van der Waals surface area contributed by atoms with E-state index in [2.05, 4.69) is 22.8 Å². The number of halogens is 1. The van der Waals surface area contributed by atoms with Crippen LogP contribution in [0.4, 0.5) is 10.5 Å². The first kappa shape index (κ1) is 15.4. The average Bonchev–Trinajstić information content (AvgIpc) is 2.45. The highest BCUT2D eigenvalue weighted by Crippen LogP contribution is 2.20. The van der Waals surface area contributed by atoms with Crippen LogP contribution in [0.2, 0.25) is 5.02 Å². The van der Waals surface area contributed by atoms with Crippen molar-refractivity contribution in [3.8, 4) is 0 Å². The molecule has 21 heavy (non-hydrogen) atoms. The Morgan fingerprint density at radius 2 is 2.10 bits per heavy atom. The van der Waals surface area contributed by atoms with Crippen LogP contribution in [0.25, 0.3) is 0 Å². The van der Waals surface area contributed by atoms with Crippen molar-refractivity contribution in [1.29, 1.82) is 0 Å². The first-order chi connectivity index (χ1) is 10.0. The van der Waals surface area contributed by atoms with Gasteiger partial charge in [-0.05, 0) is 43.4 Å². The molecule has 112 valence electrons. The fraction of sp³-hybridized carbons (Fsp3) is 0.333. The molecule has 0 saturated carbocycles. The van der Waals surface area contributed by atoms with Gasteiger partial charge in [0.1, 0.15) is 0 Å². The second kappa shape index (κ2) is 7.13. The molecule has 0 saturated heterocycles. The maximum absolute atomic E-state index is 11.8. The zero-order valence-electron chi connectivity index (χ0n) is 11.4. The number of carboxylic acid groups (broad SMARTS) is 1.